The molecule has 0 aliphatic heterocycles. The van der Waals surface area contributed by atoms with Gasteiger partial charge in [0.15, 0.2) is 5.82 Å². The molecular weight excluding hydrogens is 262 g/mol. The molecule has 1 aromatic rings. The Hall–Kier alpha value is -1.30. The summed E-state index contributed by atoms with van der Waals surface area (Å²) >= 11 is 1.72. The molecule has 1 rings (SSSR count). The van der Waals surface area contributed by atoms with Crippen molar-refractivity contribution in [1.29, 1.82) is 0 Å². The summed E-state index contributed by atoms with van der Waals surface area (Å²) in [7, 11) is 0. The number of aryl methyl sites for hydroxylation is 1. The molecule has 0 amide bonds. The Labute approximate surface area is 118 Å². The first-order valence-electron chi connectivity index (χ1n) is 6.43. The van der Waals surface area contributed by atoms with Crippen LogP contribution in [-0.4, -0.2) is 39.3 Å². The zero-order chi connectivity index (χ0) is 14.4. The van der Waals surface area contributed by atoms with Gasteiger partial charge in [-0.15, -0.1) is 5.10 Å². The maximum atomic E-state index is 11.5. The van der Waals surface area contributed by atoms with Crippen LogP contribution in [0.25, 0.3) is 0 Å². The van der Waals surface area contributed by atoms with Gasteiger partial charge in [0.1, 0.15) is 5.56 Å². The van der Waals surface area contributed by atoms with Crippen LogP contribution in [0.15, 0.2) is 0 Å². The van der Waals surface area contributed by atoms with Crippen molar-refractivity contribution in [3.63, 3.8) is 0 Å². The quantitative estimate of drug-likeness (QED) is 0.800. The number of anilines is 1. The highest BCUT2D eigenvalue weighted by atomic mass is 32.2. The van der Waals surface area contributed by atoms with Crippen molar-refractivity contribution in [3.8, 4) is 0 Å². The average Bonchev–Trinajstić information content (AvgIpc) is 2.42. The second kappa shape index (κ2) is 7.33. The van der Waals surface area contributed by atoms with Gasteiger partial charge in [-0.05, 0) is 24.7 Å². The van der Waals surface area contributed by atoms with Crippen LogP contribution in [0.1, 0.15) is 42.4 Å². The van der Waals surface area contributed by atoms with Crippen molar-refractivity contribution < 1.29 is 9.90 Å². The summed E-state index contributed by atoms with van der Waals surface area (Å²) in [6, 6.07) is 0. The highest BCUT2D eigenvalue weighted by molar-refractivity contribution is 7.99. The standard InChI is InChI=1S/C13H21N3O2S/c1-5-9-10(6-2)15-16-12(11(9)13(17)18)14-7-8(3)19-4/h8H,5-7H2,1-4H3,(H,14,16)(H,17,18). The predicted molar refractivity (Wildman–Crippen MR) is 79.2 cm³/mol. The van der Waals surface area contributed by atoms with Gasteiger partial charge >= 0.3 is 5.97 Å². The molecule has 1 heterocycles. The van der Waals surface area contributed by atoms with Crippen molar-refractivity contribution in [2.75, 3.05) is 18.1 Å². The molecule has 6 heteroatoms. The largest absolute Gasteiger partial charge is 0.478 e. The molecule has 2 N–H and O–H groups in total. The van der Waals surface area contributed by atoms with Gasteiger partial charge in [0.05, 0.1) is 5.69 Å². The van der Waals surface area contributed by atoms with Gasteiger partial charge < -0.3 is 10.4 Å². The third-order valence-electron chi connectivity index (χ3n) is 3.02. The third kappa shape index (κ3) is 3.83. The number of aromatic nitrogens is 2. The molecule has 1 unspecified atom stereocenters. The summed E-state index contributed by atoms with van der Waals surface area (Å²) in [4.78, 5) is 11.5. The second-order valence-corrected chi connectivity index (χ2v) is 5.56. The molecule has 0 saturated carbocycles. The number of carbonyl (C=O) groups is 1. The number of rotatable bonds is 7. The predicted octanol–water partition coefficient (Wildman–Crippen LogP) is 2.46. The second-order valence-electron chi connectivity index (χ2n) is 4.29. The van der Waals surface area contributed by atoms with Gasteiger partial charge in [-0.2, -0.15) is 16.9 Å². The first-order chi connectivity index (χ1) is 9.04. The van der Waals surface area contributed by atoms with Crippen molar-refractivity contribution in [2.24, 2.45) is 0 Å². The Kier molecular flexibility index (Phi) is 6.08. The highest BCUT2D eigenvalue weighted by Gasteiger charge is 2.20. The lowest BCUT2D eigenvalue weighted by molar-refractivity contribution is 0.0696. The maximum Gasteiger partial charge on any atom is 0.339 e. The van der Waals surface area contributed by atoms with Crippen LogP contribution < -0.4 is 5.32 Å². The van der Waals surface area contributed by atoms with Gasteiger partial charge in [-0.3, -0.25) is 0 Å². The zero-order valence-corrected chi connectivity index (χ0v) is 12.7. The van der Waals surface area contributed by atoms with Crippen LogP contribution in [0, 0.1) is 0 Å². The Morgan fingerprint density at radius 3 is 2.53 bits per heavy atom. The number of carboxylic acids is 1. The first kappa shape index (κ1) is 15.8. The first-order valence-corrected chi connectivity index (χ1v) is 7.72. The van der Waals surface area contributed by atoms with E-state index in [4.69, 9.17) is 0 Å². The minimum atomic E-state index is -0.944. The van der Waals surface area contributed by atoms with Gasteiger partial charge in [0, 0.05) is 11.8 Å². The molecule has 0 spiro atoms. The normalized spacial score (nSPS) is 12.2. The van der Waals surface area contributed by atoms with Crippen LogP contribution in [0.3, 0.4) is 0 Å². The Morgan fingerprint density at radius 2 is 2.05 bits per heavy atom. The summed E-state index contributed by atoms with van der Waals surface area (Å²) in [5.41, 5.74) is 1.82. The van der Waals surface area contributed by atoms with Crippen LogP contribution >= 0.6 is 11.8 Å². The maximum absolute atomic E-state index is 11.5. The smallest absolute Gasteiger partial charge is 0.339 e. The van der Waals surface area contributed by atoms with E-state index in [0.29, 0.717) is 30.5 Å². The fraction of sp³-hybridized carbons (Fsp3) is 0.615. The molecule has 0 aromatic carbocycles. The van der Waals surface area contributed by atoms with Crippen molar-refractivity contribution in [3.05, 3.63) is 16.8 Å². The molecule has 1 aromatic heterocycles. The lowest BCUT2D eigenvalue weighted by Gasteiger charge is -2.15. The minimum Gasteiger partial charge on any atom is -0.478 e. The molecule has 0 radical (unpaired) electrons. The van der Waals surface area contributed by atoms with Gasteiger partial charge in [-0.1, -0.05) is 20.8 Å². The van der Waals surface area contributed by atoms with E-state index in [2.05, 4.69) is 22.4 Å². The Bertz CT molecular complexity index is 452. The molecule has 5 nitrogen and oxygen atoms in total. The molecule has 0 fully saturated rings. The topological polar surface area (TPSA) is 75.1 Å². The number of thioether (sulfide) groups is 1. The van der Waals surface area contributed by atoms with E-state index < -0.39 is 5.97 Å². The summed E-state index contributed by atoms with van der Waals surface area (Å²) in [6.45, 7) is 6.64. The van der Waals surface area contributed by atoms with E-state index in [1.165, 1.54) is 0 Å². The number of nitrogens with zero attached hydrogens (tertiary/aromatic N) is 2. The SMILES string of the molecule is CCc1nnc(NCC(C)SC)c(C(=O)O)c1CC. The molecule has 0 saturated heterocycles. The number of nitrogens with one attached hydrogen (secondary N) is 1. The summed E-state index contributed by atoms with van der Waals surface area (Å²) in [5, 5.41) is 21.1. The number of hydrogen-bond donors (Lipinski definition) is 2. The van der Waals surface area contributed by atoms with E-state index in [9.17, 15) is 9.90 Å². The van der Waals surface area contributed by atoms with Gasteiger partial charge in [-0.25, -0.2) is 4.79 Å². The van der Waals surface area contributed by atoms with E-state index in [1.54, 1.807) is 11.8 Å². The van der Waals surface area contributed by atoms with Crippen LogP contribution in [-0.2, 0) is 12.8 Å². The molecule has 106 valence electrons. The zero-order valence-electron chi connectivity index (χ0n) is 11.9. The molecule has 1 atom stereocenters. The van der Waals surface area contributed by atoms with E-state index in [1.807, 2.05) is 20.1 Å². The number of carboxylic acid groups (broad SMARTS) is 1. The van der Waals surface area contributed by atoms with Crippen molar-refractivity contribution >= 4 is 23.5 Å². The van der Waals surface area contributed by atoms with Crippen LogP contribution in [0.2, 0.25) is 0 Å². The Morgan fingerprint density at radius 1 is 1.37 bits per heavy atom. The summed E-state index contributed by atoms with van der Waals surface area (Å²) in [5.74, 6) is -0.566. The molecular formula is C13H21N3O2S. The average molecular weight is 283 g/mol. The summed E-state index contributed by atoms with van der Waals surface area (Å²) in [6.07, 6.45) is 3.36. The fourth-order valence-electron chi connectivity index (χ4n) is 1.85. The van der Waals surface area contributed by atoms with Crippen LogP contribution in [0.5, 0.6) is 0 Å². The van der Waals surface area contributed by atoms with Crippen molar-refractivity contribution in [1.82, 2.24) is 10.2 Å². The molecule has 0 aliphatic carbocycles. The Balaban J connectivity index is 3.13. The van der Waals surface area contributed by atoms with Gasteiger partial charge in [0.25, 0.3) is 0 Å². The highest BCUT2D eigenvalue weighted by Crippen LogP contribution is 2.21. The number of hydrogen-bond acceptors (Lipinski definition) is 5. The molecule has 0 aliphatic rings. The van der Waals surface area contributed by atoms with Crippen molar-refractivity contribution in [2.45, 2.75) is 38.9 Å². The van der Waals surface area contributed by atoms with Crippen LogP contribution in [0.4, 0.5) is 5.82 Å². The molecule has 0 bridgehead atoms. The minimum absolute atomic E-state index is 0.266. The summed E-state index contributed by atoms with van der Waals surface area (Å²) < 4.78 is 0. The van der Waals surface area contributed by atoms with Gasteiger partial charge in [0.2, 0.25) is 0 Å². The lowest BCUT2D eigenvalue weighted by atomic mass is 10.0. The monoisotopic (exact) mass is 283 g/mol. The number of aromatic carboxylic acids is 1. The molecule has 19 heavy (non-hydrogen) atoms. The fourth-order valence-corrected chi connectivity index (χ4v) is 2.10. The van der Waals surface area contributed by atoms with E-state index in [-0.39, 0.29) is 5.56 Å². The van der Waals surface area contributed by atoms with E-state index >= 15 is 0 Å². The van der Waals surface area contributed by atoms with E-state index in [0.717, 1.165) is 11.3 Å². The third-order valence-corrected chi connectivity index (χ3v) is 3.99. The lowest BCUT2D eigenvalue weighted by Crippen LogP contribution is -2.19.